The number of carbonyl (C=O) groups excluding carboxylic acids is 1. The molecule has 2 amide bonds. The van der Waals surface area contributed by atoms with E-state index in [1.54, 1.807) is 23.1 Å². The lowest BCUT2D eigenvalue weighted by molar-refractivity contribution is -0.192. The number of aryl methyl sites for hydroxylation is 1. The number of imidazole rings is 1. The van der Waals surface area contributed by atoms with Crippen molar-refractivity contribution in [3.63, 3.8) is 0 Å². The Kier molecular flexibility index (Phi) is 7.90. The predicted octanol–water partition coefficient (Wildman–Crippen LogP) is 5.04. The Labute approximate surface area is 220 Å². The lowest BCUT2D eigenvalue weighted by Gasteiger charge is -2.22. The molecule has 9 nitrogen and oxygen atoms in total. The quantitative estimate of drug-likeness (QED) is 0.350. The summed E-state index contributed by atoms with van der Waals surface area (Å²) in [5.74, 6) is 3.55. The molecule has 0 aliphatic carbocycles. The minimum absolute atomic E-state index is 0.108. The second kappa shape index (κ2) is 11.5. The number of alkyl halides is 3. The first-order valence-corrected chi connectivity index (χ1v) is 11.5. The minimum Gasteiger partial charge on any atom is -0.475 e. The molecule has 2 aromatic heterocycles. The van der Waals surface area contributed by atoms with Crippen LogP contribution >= 0.6 is 0 Å². The van der Waals surface area contributed by atoms with Gasteiger partial charge in [-0.05, 0) is 48.2 Å². The summed E-state index contributed by atoms with van der Waals surface area (Å²) in [7, 11) is 0. The maximum absolute atomic E-state index is 12.9. The molecule has 12 heteroatoms. The van der Waals surface area contributed by atoms with Crippen molar-refractivity contribution in [3.8, 4) is 11.8 Å². The lowest BCUT2D eigenvalue weighted by Crippen LogP contribution is -2.31. The van der Waals surface area contributed by atoms with E-state index < -0.39 is 12.1 Å². The number of carboxylic acid groups (broad SMARTS) is 1. The highest BCUT2D eigenvalue weighted by Gasteiger charge is 2.38. The number of carboxylic acids is 1. The van der Waals surface area contributed by atoms with Crippen molar-refractivity contribution in [1.29, 1.82) is 0 Å². The van der Waals surface area contributed by atoms with Gasteiger partial charge in [0.05, 0.1) is 12.2 Å². The third-order valence-corrected chi connectivity index (χ3v) is 5.56. The highest BCUT2D eigenvalue weighted by atomic mass is 19.4. The number of aromatic nitrogens is 3. The van der Waals surface area contributed by atoms with Crippen molar-refractivity contribution in [3.05, 3.63) is 95.4 Å². The summed E-state index contributed by atoms with van der Waals surface area (Å²) in [6.07, 6.45) is 0.777. The van der Waals surface area contributed by atoms with Crippen molar-refractivity contribution < 1.29 is 27.9 Å². The van der Waals surface area contributed by atoms with E-state index in [2.05, 4.69) is 32.3 Å². The van der Waals surface area contributed by atoms with Gasteiger partial charge < -0.3 is 10.4 Å². The van der Waals surface area contributed by atoms with Crippen LogP contribution in [0.3, 0.4) is 0 Å². The number of amides is 2. The third-order valence-electron chi connectivity index (χ3n) is 5.56. The molecule has 2 N–H and O–H groups in total. The zero-order chi connectivity index (χ0) is 28.0. The molecule has 0 fully saturated rings. The van der Waals surface area contributed by atoms with E-state index in [9.17, 15) is 18.0 Å². The summed E-state index contributed by atoms with van der Waals surface area (Å²) in [5, 5.41) is 20.1. The van der Waals surface area contributed by atoms with Crippen LogP contribution in [0.25, 0.3) is 5.65 Å². The average molecular weight is 534 g/mol. The Morgan fingerprint density at radius 1 is 1.08 bits per heavy atom. The first-order chi connectivity index (χ1) is 18.6. The maximum Gasteiger partial charge on any atom is 0.490 e. The average Bonchev–Trinajstić information content (AvgIpc) is 3.57. The van der Waals surface area contributed by atoms with Crippen molar-refractivity contribution in [2.24, 2.45) is 5.10 Å². The van der Waals surface area contributed by atoms with Gasteiger partial charge in [0.15, 0.2) is 5.65 Å². The monoisotopic (exact) mass is 534 g/mol. The van der Waals surface area contributed by atoms with Crippen LogP contribution in [0.1, 0.15) is 34.8 Å². The van der Waals surface area contributed by atoms with Crippen LogP contribution in [0, 0.1) is 18.8 Å². The second-order valence-corrected chi connectivity index (χ2v) is 8.25. The number of halogens is 3. The van der Waals surface area contributed by atoms with Gasteiger partial charge in [-0.3, -0.25) is 0 Å². The number of urea groups is 1. The maximum atomic E-state index is 12.9. The zero-order valence-corrected chi connectivity index (χ0v) is 20.4. The molecule has 0 bridgehead atoms. The van der Waals surface area contributed by atoms with E-state index in [-0.39, 0.29) is 12.1 Å². The molecule has 1 aliphatic rings. The number of aliphatic carboxylic acids is 1. The number of anilines is 1. The van der Waals surface area contributed by atoms with E-state index in [0.717, 1.165) is 22.3 Å². The number of hydrazone groups is 1. The van der Waals surface area contributed by atoms with Crippen LogP contribution < -0.4 is 5.32 Å². The zero-order valence-electron chi connectivity index (χ0n) is 20.4. The van der Waals surface area contributed by atoms with E-state index in [1.165, 1.54) is 5.01 Å². The molecule has 4 aromatic rings. The number of carbonyl (C=O) groups is 2. The van der Waals surface area contributed by atoms with Crippen molar-refractivity contribution in [1.82, 2.24) is 19.6 Å². The molecule has 1 atom stereocenters. The second-order valence-electron chi connectivity index (χ2n) is 8.25. The minimum atomic E-state index is -5.08. The molecule has 5 rings (SSSR count). The molecule has 39 heavy (non-hydrogen) atoms. The number of fused-ring (bicyclic) bond motifs is 1. The molecular formula is C27H21F3N6O3. The Bertz CT molecular complexity index is 1590. The number of hydrogen-bond donors (Lipinski definition) is 2. The van der Waals surface area contributed by atoms with E-state index in [0.29, 0.717) is 17.8 Å². The molecule has 0 saturated heterocycles. The number of benzene rings is 2. The van der Waals surface area contributed by atoms with Crippen molar-refractivity contribution >= 4 is 29.5 Å². The van der Waals surface area contributed by atoms with Crippen LogP contribution in [0.15, 0.2) is 78.2 Å². The molecule has 198 valence electrons. The number of nitrogens with one attached hydrogen (secondary N) is 1. The highest BCUT2D eigenvalue weighted by molar-refractivity contribution is 5.91. The predicted molar refractivity (Wildman–Crippen MR) is 137 cm³/mol. The highest BCUT2D eigenvalue weighted by Crippen LogP contribution is 2.28. The molecular weight excluding hydrogens is 513 g/mol. The van der Waals surface area contributed by atoms with Gasteiger partial charge in [0, 0.05) is 30.1 Å². The molecule has 0 saturated carbocycles. The van der Waals surface area contributed by atoms with Crippen LogP contribution in [0.4, 0.5) is 23.7 Å². The Hall–Kier alpha value is -5.18. The Morgan fingerprint density at radius 3 is 2.54 bits per heavy atom. The van der Waals surface area contributed by atoms with E-state index >= 15 is 0 Å². The molecule has 2 aromatic carbocycles. The van der Waals surface area contributed by atoms with Crippen LogP contribution in [-0.4, -0.2) is 49.1 Å². The summed E-state index contributed by atoms with van der Waals surface area (Å²) in [6, 6.07) is 18.9. The fraction of sp³-hybridized carbons (Fsp3) is 0.148. The van der Waals surface area contributed by atoms with Gasteiger partial charge in [-0.1, -0.05) is 42.3 Å². The van der Waals surface area contributed by atoms with Crippen molar-refractivity contribution in [2.45, 2.75) is 25.6 Å². The van der Waals surface area contributed by atoms with Gasteiger partial charge in [0.2, 0.25) is 0 Å². The van der Waals surface area contributed by atoms with Crippen molar-refractivity contribution in [2.75, 3.05) is 5.32 Å². The van der Waals surface area contributed by atoms with Crippen LogP contribution in [-0.2, 0) is 4.79 Å². The smallest absolute Gasteiger partial charge is 0.475 e. The number of rotatable bonds is 2. The SMILES string of the molecule is Cc1ccc(NC(=O)N2N=CC[C@H]2c2ccccc2)cc1C#Cc1cnc2cccnn12.O=C(O)C(F)(F)F. The summed E-state index contributed by atoms with van der Waals surface area (Å²) in [5.41, 5.74) is 4.99. The summed E-state index contributed by atoms with van der Waals surface area (Å²) < 4.78 is 33.4. The molecule has 1 aliphatic heterocycles. The first kappa shape index (κ1) is 26.9. The van der Waals surface area contributed by atoms with E-state index in [4.69, 9.17) is 9.90 Å². The Balaban J connectivity index is 0.000000448. The lowest BCUT2D eigenvalue weighted by atomic mass is 10.1. The molecule has 0 spiro atoms. The van der Waals surface area contributed by atoms with Gasteiger partial charge in [-0.2, -0.15) is 23.4 Å². The summed E-state index contributed by atoms with van der Waals surface area (Å²) >= 11 is 0. The van der Waals surface area contributed by atoms with Gasteiger partial charge in [-0.15, -0.1) is 0 Å². The summed E-state index contributed by atoms with van der Waals surface area (Å²) in [4.78, 5) is 26.1. The fourth-order valence-corrected chi connectivity index (χ4v) is 3.62. The van der Waals surface area contributed by atoms with Gasteiger partial charge in [-0.25, -0.2) is 24.1 Å². The third kappa shape index (κ3) is 6.58. The molecule has 0 radical (unpaired) electrons. The Morgan fingerprint density at radius 2 is 1.82 bits per heavy atom. The first-order valence-electron chi connectivity index (χ1n) is 11.5. The summed E-state index contributed by atoms with van der Waals surface area (Å²) in [6.45, 7) is 1.98. The van der Waals surface area contributed by atoms with E-state index in [1.807, 2.05) is 67.6 Å². The standard InChI is InChI=1S/C25H20N6O.C2HF3O2/c1-18-9-11-21(16-20(18)10-12-22-17-26-24-8-5-14-27-30(22)24)29-25(32)31-23(13-15-28-31)19-6-3-2-4-7-19;3-2(4,5)1(6)7/h2-9,11,14-17,23H,13H2,1H3,(H,29,32);(H,6,7)/t23-;/m0./s1. The van der Waals surface area contributed by atoms with Gasteiger partial charge in [0.1, 0.15) is 5.69 Å². The number of nitrogens with zero attached hydrogens (tertiary/aromatic N) is 5. The molecule has 0 unspecified atom stereocenters. The largest absolute Gasteiger partial charge is 0.490 e. The van der Waals surface area contributed by atoms with Crippen LogP contribution in [0.2, 0.25) is 0 Å². The van der Waals surface area contributed by atoms with Crippen LogP contribution in [0.5, 0.6) is 0 Å². The normalized spacial score (nSPS) is 14.3. The number of hydrogen-bond acceptors (Lipinski definition) is 5. The fourth-order valence-electron chi connectivity index (χ4n) is 3.62. The van der Waals surface area contributed by atoms with Gasteiger partial charge >= 0.3 is 18.2 Å². The molecule has 3 heterocycles. The topological polar surface area (TPSA) is 112 Å². The van der Waals surface area contributed by atoms with Gasteiger partial charge in [0.25, 0.3) is 0 Å².